The van der Waals surface area contributed by atoms with Crippen LogP contribution in [-0.2, 0) is 16.6 Å². The minimum Gasteiger partial charge on any atom is -0.471 e. The Bertz CT molecular complexity index is 1650. The molecule has 1 atom stereocenters. The molecule has 0 spiro atoms. The number of carbonyl (C=O) groups is 1. The van der Waals surface area contributed by atoms with Crippen LogP contribution in [0.15, 0.2) is 65.7 Å². The van der Waals surface area contributed by atoms with E-state index in [-0.39, 0.29) is 28.2 Å². The van der Waals surface area contributed by atoms with Gasteiger partial charge in [-0.25, -0.2) is 18.1 Å². The summed E-state index contributed by atoms with van der Waals surface area (Å²) in [7, 11) is -4.09. The van der Waals surface area contributed by atoms with Crippen LogP contribution in [0.2, 0.25) is 0 Å². The Morgan fingerprint density at radius 3 is 2.58 bits per heavy atom. The van der Waals surface area contributed by atoms with Crippen LogP contribution in [0.4, 0.5) is 5.95 Å². The molecule has 1 amide bonds. The summed E-state index contributed by atoms with van der Waals surface area (Å²) < 4.78 is 35.7. The van der Waals surface area contributed by atoms with Gasteiger partial charge in [-0.05, 0) is 49.2 Å². The van der Waals surface area contributed by atoms with Crippen LogP contribution >= 0.6 is 0 Å². The fourth-order valence-electron chi connectivity index (χ4n) is 5.26. The van der Waals surface area contributed by atoms with E-state index < -0.39 is 16.1 Å². The lowest BCUT2D eigenvalue weighted by Gasteiger charge is -2.25. The molecule has 0 unspecified atom stereocenters. The first-order valence-corrected chi connectivity index (χ1v) is 14.5. The summed E-state index contributed by atoms with van der Waals surface area (Å²) in [6, 6.07) is 15.6. The van der Waals surface area contributed by atoms with Crippen LogP contribution in [0.1, 0.15) is 27.2 Å². The third-order valence-electron chi connectivity index (χ3n) is 7.16. The van der Waals surface area contributed by atoms with E-state index in [1.807, 2.05) is 38.1 Å². The highest BCUT2D eigenvalue weighted by Crippen LogP contribution is 2.30. The zero-order valence-electron chi connectivity index (χ0n) is 22.2. The van der Waals surface area contributed by atoms with Gasteiger partial charge in [-0.1, -0.05) is 24.3 Å². The standard InChI is InChI=1S/C28H29N7O4S/c1-18-5-3-6-19(2)26(18)24-14-25-31-28(30-24)33-40(37,38)23-8-4-7-20(13-23)27(36)35-12-11-34(16-22(17-35)39-25)15-21-9-10-29-32-21/h3-10,13-14,22H,11-12,15-17H2,1-2H3,(H,29,32)(H,30,31,33)/t22-/m0/s1. The van der Waals surface area contributed by atoms with E-state index in [0.717, 1.165) is 22.4 Å². The molecule has 2 aliphatic heterocycles. The number of aromatic nitrogens is 4. The maximum Gasteiger partial charge on any atom is 0.264 e. The molecule has 0 radical (unpaired) electrons. The smallest absolute Gasteiger partial charge is 0.264 e. The minimum absolute atomic E-state index is 0.0478. The van der Waals surface area contributed by atoms with Crippen LogP contribution in [0.5, 0.6) is 5.88 Å². The minimum atomic E-state index is -4.09. The Balaban J connectivity index is 1.47. The van der Waals surface area contributed by atoms with Crippen molar-refractivity contribution in [3.63, 3.8) is 0 Å². The van der Waals surface area contributed by atoms with Gasteiger partial charge in [0.2, 0.25) is 11.8 Å². The van der Waals surface area contributed by atoms with Gasteiger partial charge < -0.3 is 9.64 Å². The molecule has 0 aliphatic carbocycles. The second-order valence-electron chi connectivity index (χ2n) is 10.1. The first-order valence-electron chi connectivity index (χ1n) is 13.0. The molecule has 2 aromatic heterocycles. The van der Waals surface area contributed by atoms with Gasteiger partial charge >= 0.3 is 0 Å². The lowest BCUT2D eigenvalue weighted by Crippen LogP contribution is -2.40. The normalized spacial score (nSPS) is 18.9. The van der Waals surface area contributed by atoms with Gasteiger partial charge in [0.15, 0.2) is 0 Å². The zero-order valence-corrected chi connectivity index (χ0v) is 23.0. The van der Waals surface area contributed by atoms with Crippen molar-refractivity contribution < 1.29 is 17.9 Å². The topological polar surface area (TPSA) is 133 Å². The van der Waals surface area contributed by atoms with E-state index in [0.29, 0.717) is 38.4 Å². The number of rotatable bonds is 3. The molecule has 6 bridgehead atoms. The van der Waals surface area contributed by atoms with E-state index in [4.69, 9.17) is 4.74 Å². The van der Waals surface area contributed by atoms with Gasteiger partial charge in [0.05, 0.1) is 17.1 Å². The Kier molecular flexibility index (Phi) is 6.72. The predicted octanol–water partition coefficient (Wildman–Crippen LogP) is 3.00. The molecule has 206 valence electrons. The number of hydrogen-bond donors (Lipinski definition) is 2. The SMILES string of the molecule is Cc1cccc(C)c1-c1cc2nc(n1)NS(=O)(=O)c1cccc(c1)C(=O)N1CCN(Cc3ccn[nH]3)C[C@@H](C1)O2. The van der Waals surface area contributed by atoms with Crippen molar-refractivity contribution in [1.82, 2.24) is 30.0 Å². The Hall–Kier alpha value is -4.29. The summed E-state index contributed by atoms with van der Waals surface area (Å²) in [5.74, 6) is -0.148. The highest BCUT2D eigenvalue weighted by Gasteiger charge is 2.30. The van der Waals surface area contributed by atoms with E-state index >= 15 is 0 Å². The van der Waals surface area contributed by atoms with E-state index in [2.05, 4.69) is 29.8 Å². The highest BCUT2D eigenvalue weighted by atomic mass is 32.2. The van der Waals surface area contributed by atoms with E-state index in [1.54, 1.807) is 29.3 Å². The van der Waals surface area contributed by atoms with Crippen LogP contribution in [-0.4, -0.2) is 76.6 Å². The average molecular weight is 560 g/mol. The Morgan fingerprint density at radius 2 is 1.80 bits per heavy atom. The molecule has 2 aromatic carbocycles. The molecule has 1 fully saturated rings. The van der Waals surface area contributed by atoms with Gasteiger partial charge in [0, 0.05) is 55.3 Å². The number of anilines is 1. The summed E-state index contributed by atoms with van der Waals surface area (Å²) in [6.07, 6.45) is 1.27. The summed E-state index contributed by atoms with van der Waals surface area (Å²) in [6.45, 7) is 6.45. The number of hydrogen-bond acceptors (Lipinski definition) is 8. The largest absolute Gasteiger partial charge is 0.471 e. The van der Waals surface area contributed by atoms with Crippen LogP contribution in [0.25, 0.3) is 11.3 Å². The van der Waals surface area contributed by atoms with Crippen molar-refractivity contribution >= 4 is 21.9 Å². The van der Waals surface area contributed by atoms with Gasteiger partial charge in [-0.3, -0.25) is 14.8 Å². The summed E-state index contributed by atoms with van der Waals surface area (Å²) in [5, 5.41) is 7.04. The second kappa shape index (κ2) is 10.4. The third-order valence-corrected chi connectivity index (χ3v) is 8.48. The van der Waals surface area contributed by atoms with Crippen molar-refractivity contribution in [3.05, 3.63) is 83.2 Å². The number of ether oxygens (including phenoxy) is 1. The number of nitrogens with one attached hydrogen (secondary N) is 2. The van der Waals surface area contributed by atoms with Crippen molar-refractivity contribution in [1.29, 1.82) is 0 Å². The van der Waals surface area contributed by atoms with Crippen molar-refractivity contribution in [2.45, 2.75) is 31.4 Å². The van der Waals surface area contributed by atoms with Crippen LogP contribution < -0.4 is 9.46 Å². The third kappa shape index (κ3) is 5.27. The number of nitrogens with zero attached hydrogens (tertiary/aromatic N) is 5. The molecule has 40 heavy (non-hydrogen) atoms. The predicted molar refractivity (Wildman–Crippen MR) is 148 cm³/mol. The first-order chi connectivity index (χ1) is 19.2. The molecule has 2 N–H and O–H groups in total. The quantitative estimate of drug-likeness (QED) is 0.391. The number of carbonyl (C=O) groups excluding carboxylic acids is 1. The number of sulfonamides is 1. The molecule has 2 aliphatic rings. The lowest BCUT2D eigenvalue weighted by atomic mass is 10.00. The molecule has 1 saturated heterocycles. The van der Waals surface area contributed by atoms with Crippen LogP contribution in [0, 0.1) is 13.8 Å². The van der Waals surface area contributed by atoms with E-state index in [9.17, 15) is 13.2 Å². The number of aryl methyl sites for hydroxylation is 2. The van der Waals surface area contributed by atoms with Gasteiger partial charge in [0.1, 0.15) is 6.10 Å². The molecule has 0 saturated carbocycles. The lowest BCUT2D eigenvalue weighted by molar-refractivity contribution is 0.0690. The van der Waals surface area contributed by atoms with E-state index in [1.165, 1.54) is 12.1 Å². The van der Waals surface area contributed by atoms with Crippen molar-refractivity contribution in [2.24, 2.45) is 0 Å². The highest BCUT2D eigenvalue weighted by molar-refractivity contribution is 7.92. The zero-order chi connectivity index (χ0) is 27.9. The maximum absolute atomic E-state index is 13.6. The fourth-order valence-corrected chi connectivity index (χ4v) is 6.25. The number of aromatic amines is 1. The Labute approximate surface area is 232 Å². The molecular formula is C28H29N7O4S. The average Bonchev–Trinajstić information content (AvgIpc) is 3.34. The second-order valence-corrected chi connectivity index (χ2v) is 11.8. The number of benzene rings is 2. The monoisotopic (exact) mass is 559 g/mol. The molecule has 11 nitrogen and oxygen atoms in total. The maximum atomic E-state index is 13.6. The molecule has 4 heterocycles. The van der Waals surface area contributed by atoms with Gasteiger partial charge in [-0.2, -0.15) is 10.1 Å². The number of H-pyrrole nitrogens is 1. The van der Waals surface area contributed by atoms with Crippen LogP contribution in [0.3, 0.4) is 0 Å². The number of fused-ring (bicyclic) bond motifs is 6. The molecule has 12 heteroatoms. The summed E-state index contributed by atoms with van der Waals surface area (Å²) in [4.78, 5) is 26.5. The first kappa shape index (κ1) is 26.0. The Morgan fingerprint density at radius 1 is 1.00 bits per heavy atom. The fraction of sp³-hybridized carbons (Fsp3) is 0.286. The number of amides is 1. The molecule has 6 rings (SSSR count). The van der Waals surface area contributed by atoms with Crippen molar-refractivity contribution in [3.8, 4) is 17.1 Å². The summed E-state index contributed by atoms with van der Waals surface area (Å²) in [5.41, 5.74) is 4.63. The van der Waals surface area contributed by atoms with Crippen molar-refractivity contribution in [2.75, 3.05) is 30.9 Å². The molecular weight excluding hydrogens is 530 g/mol. The van der Waals surface area contributed by atoms with Gasteiger partial charge in [0.25, 0.3) is 15.9 Å². The summed E-state index contributed by atoms with van der Waals surface area (Å²) >= 11 is 0. The van der Waals surface area contributed by atoms with Gasteiger partial charge in [-0.15, -0.1) is 0 Å². The molecule has 4 aromatic rings.